The quantitative estimate of drug-likeness (QED) is 0.675. The van der Waals surface area contributed by atoms with Crippen LogP contribution in [-0.4, -0.2) is 28.8 Å². The lowest BCUT2D eigenvalue weighted by Crippen LogP contribution is -2.32. The van der Waals surface area contributed by atoms with Crippen molar-refractivity contribution < 1.29 is 9.53 Å². The van der Waals surface area contributed by atoms with Crippen LogP contribution in [0.5, 0.6) is 5.75 Å². The number of carbonyl (C=O) groups excluding carboxylic acids is 1. The molecular formula is C19H21N3O2S. The zero-order chi connectivity index (χ0) is 17.5. The van der Waals surface area contributed by atoms with Gasteiger partial charge in [-0.25, -0.2) is 0 Å². The molecule has 0 aliphatic carbocycles. The molecule has 130 valence electrons. The highest BCUT2D eigenvalue weighted by atomic mass is 32.1. The molecule has 0 radical (unpaired) electrons. The number of thiophene rings is 1. The molecule has 0 aliphatic rings. The molecule has 2 heterocycles. The number of hydrogen-bond acceptors (Lipinski definition) is 4. The fourth-order valence-corrected chi connectivity index (χ4v) is 3.42. The monoisotopic (exact) mass is 355 g/mol. The number of hydrogen-bond donors (Lipinski definition) is 1. The average Bonchev–Trinajstić information content (AvgIpc) is 3.31. The molecule has 5 nitrogen and oxygen atoms in total. The number of benzene rings is 1. The Kier molecular flexibility index (Phi) is 5.85. The molecule has 0 bridgehead atoms. The molecule has 3 rings (SSSR count). The summed E-state index contributed by atoms with van der Waals surface area (Å²) in [6.45, 7) is 3.10. The lowest BCUT2D eigenvalue weighted by atomic mass is 10.1. The van der Waals surface area contributed by atoms with Gasteiger partial charge in [0.05, 0.1) is 13.0 Å². The number of ether oxygens (including phenoxy) is 1. The lowest BCUT2D eigenvalue weighted by Gasteiger charge is -2.17. The summed E-state index contributed by atoms with van der Waals surface area (Å²) in [5, 5.41) is 9.38. The van der Waals surface area contributed by atoms with Crippen LogP contribution >= 0.6 is 11.3 Å². The number of nitrogens with one attached hydrogen (secondary N) is 1. The van der Waals surface area contributed by atoms with Crippen LogP contribution in [-0.2, 0) is 11.2 Å². The zero-order valence-corrected chi connectivity index (χ0v) is 14.9. The van der Waals surface area contributed by atoms with Crippen LogP contribution in [0.3, 0.4) is 0 Å². The minimum Gasteiger partial charge on any atom is -0.494 e. The van der Waals surface area contributed by atoms with Crippen molar-refractivity contribution in [3.63, 3.8) is 0 Å². The van der Waals surface area contributed by atoms with E-state index in [0.29, 0.717) is 19.6 Å². The highest BCUT2D eigenvalue weighted by Crippen LogP contribution is 2.22. The van der Waals surface area contributed by atoms with Crippen LogP contribution in [0.15, 0.2) is 60.2 Å². The molecule has 0 saturated carbocycles. The van der Waals surface area contributed by atoms with Crippen molar-refractivity contribution in [3.05, 3.63) is 70.7 Å². The van der Waals surface area contributed by atoms with Gasteiger partial charge in [-0.1, -0.05) is 18.2 Å². The van der Waals surface area contributed by atoms with Crippen LogP contribution < -0.4 is 10.1 Å². The number of rotatable bonds is 8. The average molecular weight is 355 g/mol. The summed E-state index contributed by atoms with van der Waals surface area (Å²) in [5.74, 6) is 0.820. The first-order chi connectivity index (χ1) is 12.3. The Hall–Kier alpha value is -2.60. The highest BCUT2D eigenvalue weighted by Gasteiger charge is 2.16. The Morgan fingerprint density at radius 3 is 2.76 bits per heavy atom. The minimum atomic E-state index is -0.00197. The molecule has 1 atom stereocenters. The summed E-state index contributed by atoms with van der Waals surface area (Å²) >= 11 is 1.67. The highest BCUT2D eigenvalue weighted by molar-refractivity contribution is 7.10. The van der Waals surface area contributed by atoms with Crippen molar-refractivity contribution in [2.45, 2.75) is 19.4 Å². The van der Waals surface area contributed by atoms with E-state index in [9.17, 15) is 4.79 Å². The van der Waals surface area contributed by atoms with Crippen LogP contribution in [0, 0.1) is 0 Å². The third-order valence-electron chi connectivity index (χ3n) is 3.81. The summed E-state index contributed by atoms with van der Waals surface area (Å²) in [6, 6.07) is 13.6. The van der Waals surface area contributed by atoms with Crippen LogP contribution in [0.2, 0.25) is 0 Å². The van der Waals surface area contributed by atoms with Gasteiger partial charge in [-0.15, -0.1) is 11.3 Å². The van der Waals surface area contributed by atoms with Gasteiger partial charge in [0.25, 0.3) is 0 Å². The molecule has 1 amide bonds. The fraction of sp³-hybridized carbons (Fsp3) is 0.263. The second kappa shape index (κ2) is 8.48. The van der Waals surface area contributed by atoms with Gasteiger partial charge < -0.3 is 10.1 Å². The minimum absolute atomic E-state index is 0.00197. The molecule has 0 saturated heterocycles. The second-order valence-corrected chi connectivity index (χ2v) is 6.55. The number of aromatic nitrogens is 2. The summed E-state index contributed by atoms with van der Waals surface area (Å²) in [6.07, 6.45) is 4.02. The maximum atomic E-state index is 12.3. The van der Waals surface area contributed by atoms with Gasteiger partial charge in [-0.05, 0) is 42.1 Å². The van der Waals surface area contributed by atoms with E-state index in [2.05, 4.69) is 16.5 Å². The normalized spacial score (nSPS) is 11.9. The van der Waals surface area contributed by atoms with Gasteiger partial charge in [0.15, 0.2) is 0 Å². The summed E-state index contributed by atoms with van der Waals surface area (Å²) in [4.78, 5) is 13.5. The van der Waals surface area contributed by atoms with E-state index < -0.39 is 0 Å². The second-order valence-electron chi connectivity index (χ2n) is 5.58. The molecule has 0 aliphatic heterocycles. The molecule has 1 unspecified atom stereocenters. The van der Waals surface area contributed by atoms with Crippen LogP contribution in [0.4, 0.5) is 0 Å². The Morgan fingerprint density at radius 1 is 1.28 bits per heavy atom. The molecule has 3 aromatic rings. The largest absolute Gasteiger partial charge is 0.494 e. The molecule has 2 aromatic heterocycles. The maximum absolute atomic E-state index is 12.3. The van der Waals surface area contributed by atoms with E-state index in [0.717, 1.165) is 11.3 Å². The molecule has 6 heteroatoms. The third kappa shape index (κ3) is 4.70. The van der Waals surface area contributed by atoms with Gasteiger partial charge in [0.2, 0.25) is 5.91 Å². The molecule has 0 spiro atoms. The van der Waals surface area contributed by atoms with Crippen LogP contribution in [0.1, 0.15) is 23.4 Å². The van der Waals surface area contributed by atoms with Crippen molar-refractivity contribution >= 4 is 17.2 Å². The Labute approximate surface area is 151 Å². The van der Waals surface area contributed by atoms with Gasteiger partial charge in [0, 0.05) is 23.8 Å². The predicted octanol–water partition coefficient (Wildman–Crippen LogP) is 3.29. The summed E-state index contributed by atoms with van der Waals surface area (Å²) in [7, 11) is 0. The SMILES string of the molecule is CCOc1ccc(CC(=O)NCC(c2cccs2)n2cccn2)cc1. The van der Waals surface area contributed by atoms with Crippen LogP contribution in [0.25, 0.3) is 0 Å². The lowest BCUT2D eigenvalue weighted by molar-refractivity contribution is -0.120. The van der Waals surface area contributed by atoms with Gasteiger partial charge in [-0.3, -0.25) is 9.48 Å². The standard InChI is InChI=1S/C19H21N3O2S/c1-2-24-16-8-6-15(7-9-16)13-19(23)20-14-17(18-5-3-12-25-18)22-11-4-10-21-22/h3-12,17H,2,13-14H2,1H3,(H,20,23). The fourth-order valence-electron chi connectivity index (χ4n) is 2.60. The molecule has 1 N–H and O–H groups in total. The number of amides is 1. The first-order valence-corrected chi connectivity index (χ1v) is 9.15. The van der Waals surface area contributed by atoms with Crippen molar-refractivity contribution in [1.29, 1.82) is 0 Å². The van der Waals surface area contributed by atoms with E-state index >= 15 is 0 Å². The van der Waals surface area contributed by atoms with Crippen molar-refractivity contribution in [2.75, 3.05) is 13.2 Å². The first-order valence-electron chi connectivity index (χ1n) is 8.27. The smallest absolute Gasteiger partial charge is 0.224 e. The third-order valence-corrected chi connectivity index (χ3v) is 4.78. The van der Waals surface area contributed by atoms with E-state index in [1.807, 2.05) is 59.6 Å². The van der Waals surface area contributed by atoms with Crippen molar-refractivity contribution in [3.8, 4) is 5.75 Å². The van der Waals surface area contributed by atoms with E-state index in [4.69, 9.17) is 4.74 Å². The summed E-state index contributed by atoms with van der Waals surface area (Å²) in [5.41, 5.74) is 0.965. The molecule has 0 fully saturated rings. The van der Waals surface area contributed by atoms with Gasteiger partial charge in [-0.2, -0.15) is 5.10 Å². The zero-order valence-electron chi connectivity index (χ0n) is 14.1. The van der Waals surface area contributed by atoms with E-state index in [-0.39, 0.29) is 11.9 Å². The Morgan fingerprint density at radius 2 is 2.12 bits per heavy atom. The van der Waals surface area contributed by atoms with Gasteiger partial charge >= 0.3 is 0 Å². The Bertz CT molecular complexity index is 733. The molecular weight excluding hydrogens is 334 g/mol. The number of carbonyl (C=O) groups is 1. The van der Waals surface area contributed by atoms with Crippen molar-refractivity contribution in [1.82, 2.24) is 15.1 Å². The predicted molar refractivity (Wildman–Crippen MR) is 99.0 cm³/mol. The Balaban J connectivity index is 1.58. The number of nitrogens with zero attached hydrogens (tertiary/aromatic N) is 2. The molecule has 1 aromatic carbocycles. The topological polar surface area (TPSA) is 56.1 Å². The maximum Gasteiger partial charge on any atom is 0.224 e. The molecule has 25 heavy (non-hydrogen) atoms. The first kappa shape index (κ1) is 17.2. The summed E-state index contributed by atoms with van der Waals surface area (Å²) < 4.78 is 7.30. The van der Waals surface area contributed by atoms with Crippen molar-refractivity contribution in [2.24, 2.45) is 0 Å². The van der Waals surface area contributed by atoms with E-state index in [1.54, 1.807) is 17.5 Å². The van der Waals surface area contributed by atoms with E-state index in [1.165, 1.54) is 4.88 Å². The van der Waals surface area contributed by atoms with Gasteiger partial charge in [0.1, 0.15) is 11.8 Å².